The molecular weight excluding hydrogens is 228 g/mol. The molecule has 0 saturated heterocycles. The molecule has 2 heterocycles. The van der Waals surface area contributed by atoms with Gasteiger partial charge in [-0.1, -0.05) is 0 Å². The van der Waals surface area contributed by atoms with E-state index in [-0.39, 0.29) is 0 Å². The van der Waals surface area contributed by atoms with Crippen LogP contribution in [0.4, 0.5) is 0 Å². The Hall–Kier alpha value is -1.94. The van der Waals surface area contributed by atoms with Crippen LogP contribution in [-0.4, -0.2) is 11.8 Å². The normalized spacial score (nSPS) is 13.1. The van der Waals surface area contributed by atoms with Crippen LogP contribution in [0, 0.1) is 13.8 Å². The van der Waals surface area contributed by atoms with Gasteiger partial charge in [0, 0.05) is 23.5 Å². The van der Waals surface area contributed by atoms with Crippen molar-refractivity contribution < 1.29 is 9.47 Å². The summed E-state index contributed by atoms with van der Waals surface area (Å²) in [7, 11) is 0. The van der Waals surface area contributed by atoms with Crippen LogP contribution in [0.5, 0.6) is 11.5 Å². The predicted molar refractivity (Wildman–Crippen MR) is 69.7 cm³/mol. The molecule has 3 N–H and O–H groups in total. The van der Waals surface area contributed by atoms with Crippen molar-refractivity contribution in [2.24, 2.45) is 5.73 Å². The third kappa shape index (κ3) is 1.66. The minimum Gasteiger partial charge on any atom is -0.454 e. The summed E-state index contributed by atoms with van der Waals surface area (Å²) in [5.74, 6) is 1.62. The van der Waals surface area contributed by atoms with Crippen molar-refractivity contribution in [3.8, 4) is 22.8 Å². The van der Waals surface area contributed by atoms with E-state index >= 15 is 0 Å². The second-order valence-corrected chi connectivity index (χ2v) is 4.56. The minimum absolute atomic E-state index is 0.302. The van der Waals surface area contributed by atoms with Crippen molar-refractivity contribution in [3.63, 3.8) is 0 Å². The van der Waals surface area contributed by atoms with Crippen molar-refractivity contribution in [2.75, 3.05) is 6.79 Å². The average Bonchev–Trinajstić information content (AvgIpc) is 2.93. The summed E-state index contributed by atoms with van der Waals surface area (Å²) in [5, 5.41) is 0. The molecule has 94 valence electrons. The van der Waals surface area contributed by atoms with Gasteiger partial charge >= 0.3 is 0 Å². The largest absolute Gasteiger partial charge is 0.454 e. The van der Waals surface area contributed by atoms with E-state index in [1.807, 2.05) is 19.1 Å². The van der Waals surface area contributed by atoms with Crippen LogP contribution in [0.15, 0.2) is 18.2 Å². The lowest BCUT2D eigenvalue weighted by Gasteiger charge is -2.05. The lowest BCUT2D eigenvalue weighted by Crippen LogP contribution is -1.95. The number of aromatic nitrogens is 1. The van der Waals surface area contributed by atoms with Gasteiger partial charge in [-0.25, -0.2) is 0 Å². The molecule has 0 unspecified atom stereocenters. The molecule has 1 aliphatic heterocycles. The number of hydrogen-bond donors (Lipinski definition) is 2. The van der Waals surface area contributed by atoms with Crippen LogP contribution >= 0.6 is 0 Å². The molecule has 1 aromatic heterocycles. The highest BCUT2D eigenvalue weighted by Crippen LogP contribution is 2.38. The Bertz CT molecular complexity index is 602. The number of nitrogens with one attached hydrogen (secondary N) is 1. The number of H-pyrrole nitrogens is 1. The molecular formula is C14H16N2O2. The molecule has 0 atom stereocenters. The van der Waals surface area contributed by atoms with Crippen molar-refractivity contribution >= 4 is 0 Å². The van der Waals surface area contributed by atoms with Gasteiger partial charge in [-0.2, -0.15) is 0 Å². The molecule has 4 nitrogen and oxygen atoms in total. The first-order valence-corrected chi connectivity index (χ1v) is 5.98. The molecule has 3 rings (SSSR count). The third-order valence-corrected chi connectivity index (χ3v) is 3.35. The number of aromatic amines is 1. The van der Waals surface area contributed by atoms with E-state index in [9.17, 15) is 0 Å². The average molecular weight is 244 g/mol. The zero-order chi connectivity index (χ0) is 12.7. The molecule has 4 heteroatoms. The second kappa shape index (κ2) is 4.07. The lowest BCUT2D eigenvalue weighted by atomic mass is 10.0. The molecule has 18 heavy (non-hydrogen) atoms. The molecule has 0 spiro atoms. The molecule has 0 fully saturated rings. The Kier molecular flexibility index (Phi) is 2.52. The number of hydrogen-bond acceptors (Lipinski definition) is 3. The maximum absolute atomic E-state index is 5.71. The van der Waals surface area contributed by atoms with Gasteiger partial charge in [0.25, 0.3) is 0 Å². The van der Waals surface area contributed by atoms with Gasteiger partial charge in [-0.05, 0) is 43.2 Å². The molecule has 0 amide bonds. The Morgan fingerprint density at radius 3 is 2.56 bits per heavy atom. The van der Waals surface area contributed by atoms with Crippen LogP contribution in [0.3, 0.4) is 0 Å². The quantitative estimate of drug-likeness (QED) is 0.853. The molecule has 0 saturated carbocycles. The molecule has 1 aliphatic rings. The number of benzene rings is 1. The van der Waals surface area contributed by atoms with Gasteiger partial charge in [0.1, 0.15) is 0 Å². The van der Waals surface area contributed by atoms with Crippen molar-refractivity contribution in [1.82, 2.24) is 4.98 Å². The SMILES string of the molecule is Cc1cc2c(cc1-c1cc(CN)c(C)[nH]1)OCO2. The standard InChI is InChI=1S/C14H16N2O2/c1-8-3-13-14(18-7-17-13)5-11(8)12-4-10(6-15)9(2)16-12/h3-5,16H,6-7,15H2,1-2H3. The highest BCUT2D eigenvalue weighted by molar-refractivity contribution is 5.69. The summed E-state index contributed by atoms with van der Waals surface area (Å²) in [6, 6.07) is 6.12. The maximum atomic E-state index is 5.71. The van der Waals surface area contributed by atoms with E-state index in [2.05, 4.69) is 18.0 Å². The van der Waals surface area contributed by atoms with Gasteiger partial charge in [-0.15, -0.1) is 0 Å². The molecule has 1 aromatic carbocycles. The number of aryl methyl sites for hydroxylation is 2. The first-order chi connectivity index (χ1) is 8.69. The fourth-order valence-corrected chi connectivity index (χ4v) is 2.29. The van der Waals surface area contributed by atoms with Crippen LogP contribution in [0.25, 0.3) is 11.3 Å². The van der Waals surface area contributed by atoms with E-state index in [4.69, 9.17) is 15.2 Å². The predicted octanol–water partition coefficient (Wildman–Crippen LogP) is 2.49. The lowest BCUT2D eigenvalue weighted by molar-refractivity contribution is 0.174. The van der Waals surface area contributed by atoms with Gasteiger partial charge in [-0.3, -0.25) is 0 Å². The summed E-state index contributed by atoms with van der Waals surface area (Å²) in [5.41, 5.74) is 11.3. The van der Waals surface area contributed by atoms with Gasteiger partial charge in [0.15, 0.2) is 11.5 Å². The first-order valence-electron chi connectivity index (χ1n) is 5.98. The van der Waals surface area contributed by atoms with Crippen LogP contribution < -0.4 is 15.2 Å². The van der Waals surface area contributed by atoms with Gasteiger partial charge in [0.05, 0.1) is 0 Å². The first kappa shape index (κ1) is 11.2. The number of nitrogens with two attached hydrogens (primary N) is 1. The summed E-state index contributed by atoms with van der Waals surface area (Å²) in [4.78, 5) is 3.37. The molecule has 0 bridgehead atoms. The Morgan fingerprint density at radius 2 is 1.89 bits per heavy atom. The van der Waals surface area contributed by atoms with Crippen LogP contribution in [0.2, 0.25) is 0 Å². The van der Waals surface area contributed by atoms with Crippen molar-refractivity contribution in [3.05, 3.63) is 35.0 Å². The monoisotopic (exact) mass is 244 g/mol. The van der Waals surface area contributed by atoms with E-state index in [1.54, 1.807) is 0 Å². The van der Waals surface area contributed by atoms with Gasteiger partial charge in [0.2, 0.25) is 6.79 Å². The van der Waals surface area contributed by atoms with Crippen molar-refractivity contribution in [1.29, 1.82) is 0 Å². The Balaban J connectivity index is 2.10. The van der Waals surface area contributed by atoms with Crippen LogP contribution in [0.1, 0.15) is 16.8 Å². The zero-order valence-corrected chi connectivity index (χ0v) is 10.5. The number of ether oxygens (including phenoxy) is 2. The summed E-state index contributed by atoms with van der Waals surface area (Å²) < 4.78 is 10.8. The molecule has 2 aromatic rings. The topological polar surface area (TPSA) is 60.3 Å². The smallest absolute Gasteiger partial charge is 0.231 e. The van der Waals surface area contributed by atoms with E-state index in [0.717, 1.165) is 39.6 Å². The van der Waals surface area contributed by atoms with Crippen LogP contribution in [-0.2, 0) is 6.54 Å². The van der Waals surface area contributed by atoms with Crippen molar-refractivity contribution in [2.45, 2.75) is 20.4 Å². The summed E-state index contributed by atoms with van der Waals surface area (Å²) in [6.07, 6.45) is 0. The summed E-state index contributed by atoms with van der Waals surface area (Å²) >= 11 is 0. The fourth-order valence-electron chi connectivity index (χ4n) is 2.29. The fraction of sp³-hybridized carbons (Fsp3) is 0.286. The maximum Gasteiger partial charge on any atom is 0.231 e. The second-order valence-electron chi connectivity index (χ2n) is 4.56. The number of rotatable bonds is 2. The Labute approximate surface area is 106 Å². The highest BCUT2D eigenvalue weighted by atomic mass is 16.7. The Morgan fingerprint density at radius 1 is 1.17 bits per heavy atom. The summed E-state index contributed by atoms with van der Waals surface area (Å²) in [6.45, 7) is 4.95. The molecule has 0 radical (unpaired) electrons. The van der Waals surface area contributed by atoms with E-state index in [1.165, 1.54) is 0 Å². The molecule has 0 aliphatic carbocycles. The zero-order valence-electron chi connectivity index (χ0n) is 10.5. The minimum atomic E-state index is 0.302. The van der Waals surface area contributed by atoms with E-state index < -0.39 is 0 Å². The van der Waals surface area contributed by atoms with Gasteiger partial charge < -0.3 is 20.2 Å². The highest BCUT2D eigenvalue weighted by Gasteiger charge is 2.17. The number of fused-ring (bicyclic) bond motifs is 1. The third-order valence-electron chi connectivity index (χ3n) is 3.35. The van der Waals surface area contributed by atoms with E-state index in [0.29, 0.717) is 13.3 Å².